The first kappa shape index (κ1) is 19.8. The van der Waals surface area contributed by atoms with Gasteiger partial charge in [0.2, 0.25) is 11.8 Å². The Morgan fingerprint density at radius 2 is 1.39 bits per heavy atom. The molecule has 2 atom stereocenters. The van der Waals surface area contributed by atoms with Crippen molar-refractivity contribution in [3.8, 4) is 0 Å². The minimum atomic E-state index is -1.22. The van der Waals surface area contributed by atoms with Crippen LogP contribution in [0.4, 0.5) is 5.69 Å². The van der Waals surface area contributed by atoms with Gasteiger partial charge in [-0.2, -0.15) is 0 Å². The van der Waals surface area contributed by atoms with E-state index in [9.17, 15) is 19.2 Å². The van der Waals surface area contributed by atoms with Crippen LogP contribution in [0, 0.1) is 11.8 Å². The number of rotatable bonds is 3. The van der Waals surface area contributed by atoms with Crippen LogP contribution in [-0.4, -0.2) is 23.4 Å². The normalized spacial score (nSPS) is 26.6. The van der Waals surface area contributed by atoms with Gasteiger partial charge in [0.25, 0.3) is 0 Å². The fraction of sp³-hybridized carbons (Fsp3) is 0.214. The van der Waals surface area contributed by atoms with Crippen molar-refractivity contribution in [2.75, 3.05) is 4.90 Å². The summed E-state index contributed by atoms with van der Waals surface area (Å²) in [6.45, 7) is 2.97. The number of imide groups is 1. The maximum Gasteiger partial charge on any atom is 0.239 e. The highest BCUT2D eigenvalue weighted by molar-refractivity contribution is 6.25. The lowest BCUT2D eigenvalue weighted by atomic mass is 9.46. The smallest absolute Gasteiger partial charge is 0.239 e. The van der Waals surface area contributed by atoms with Gasteiger partial charge in [-0.25, -0.2) is 4.90 Å². The van der Waals surface area contributed by atoms with Crippen LogP contribution >= 0.6 is 0 Å². The number of hydrogen-bond donors (Lipinski definition) is 0. The maximum atomic E-state index is 14.0. The van der Waals surface area contributed by atoms with Gasteiger partial charge in [0.1, 0.15) is 5.78 Å². The molecule has 2 bridgehead atoms. The Morgan fingerprint density at radius 3 is 1.97 bits per heavy atom. The van der Waals surface area contributed by atoms with E-state index >= 15 is 0 Å². The standard InChI is InChI=1S/C28H21NO4/c1-15(30)17-8-7-9-18(14-17)29-26(32)24-23-19-10-3-5-12-21(19)28(16(2)31,25(24)27(29)33)22-13-6-4-11-20(22)23/h3-14,23-25H,1-2H3/t23?,24-,25+,28?/m0/s1. The lowest BCUT2D eigenvalue weighted by Gasteiger charge is -2.52. The van der Waals surface area contributed by atoms with Crippen LogP contribution in [0.3, 0.4) is 0 Å². The summed E-state index contributed by atoms with van der Waals surface area (Å²) in [6, 6.07) is 22.0. The quantitative estimate of drug-likeness (QED) is 0.460. The Balaban J connectivity index is 1.64. The van der Waals surface area contributed by atoms with Crippen molar-refractivity contribution in [2.45, 2.75) is 25.2 Å². The van der Waals surface area contributed by atoms with Crippen molar-refractivity contribution in [2.24, 2.45) is 11.8 Å². The zero-order valence-corrected chi connectivity index (χ0v) is 18.2. The molecule has 3 aliphatic carbocycles. The van der Waals surface area contributed by atoms with Gasteiger partial charge in [0.15, 0.2) is 5.78 Å². The minimum Gasteiger partial charge on any atom is -0.299 e. The van der Waals surface area contributed by atoms with Gasteiger partial charge in [-0.15, -0.1) is 0 Å². The average molecular weight is 435 g/mol. The Morgan fingerprint density at radius 1 is 0.788 bits per heavy atom. The first-order valence-corrected chi connectivity index (χ1v) is 11.1. The summed E-state index contributed by atoms with van der Waals surface area (Å²) in [7, 11) is 0. The van der Waals surface area contributed by atoms with Gasteiger partial charge < -0.3 is 0 Å². The predicted octanol–water partition coefficient (Wildman–Crippen LogP) is 4.03. The monoisotopic (exact) mass is 435 g/mol. The molecule has 1 heterocycles. The van der Waals surface area contributed by atoms with E-state index in [2.05, 4.69) is 0 Å². The molecule has 162 valence electrons. The van der Waals surface area contributed by atoms with E-state index in [1.54, 1.807) is 24.3 Å². The fourth-order valence-corrected chi connectivity index (χ4v) is 6.49. The zero-order chi connectivity index (χ0) is 23.1. The number of benzene rings is 3. The third kappa shape index (κ3) is 2.26. The summed E-state index contributed by atoms with van der Waals surface area (Å²) in [5.41, 5.74) is 3.11. The Labute approximate surface area is 191 Å². The number of Topliss-reactive ketones (excluding diaryl/α,β-unsaturated/α-hetero) is 2. The summed E-state index contributed by atoms with van der Waals surface area (Å²) < 4.78 is 0. The number of hydrogen-bond acceptors (Lipinski definition) is 4. The van der Waals surface area contributed by atoms with Crippen LogP contribution < -0.4 is 4.90 Å². The van der Waals surface area contributed by atoms with Crippen molar-refractivity contribution >= 4 is 29.1 Å². The zero-order valence-electron chi connectivity index (χ0n) is 18.2. The van der Waals surface area contributed by atoms with Gasteiger partial charge in [-0.05, 0) is 48.2 Å². The molecule has 5 heteroatoms. The lowest BCUT2D eigenvalue weighted by molar-refractivity contribution is -0.132. The number of ketones is 2. The van der Waals surface area contributed by atoms with Gasteiger partial charge in [-0.1, -0.05) is 60.7 Å². The van der Waals surface area contributed by atoms with Crippen molar-refractivity contribution < 1.29 is 19.2 Å². The van der Waals surface area contributed by atoms with Gasteiger partial charge in [0.05, 0.1) is 22.9 Å². The molecular formula is C28H21NO4. The molecule has 0 aromatic heterocycles. The largest absolute Gasteiger partial charge is 0.299 e. The number of carbonyl (C=O) groups is 4. The Bertz CT molecular complexity index is 1360. The van der Waals surface area contributed by atoms with Gasteiger partial charge in [0, 0.05) is 11.5 Å². The Kier molecular flexibility index (Phi) is 3.95. The number of amides is 2. The topological polar surface area (TPSA) is 71.5 Å². The molecule has 5 nitrogen and oxygen atoms in total. The second-order valence-electron chi connectivity index (χ2n) is 9.14. The predicted molar refractivity (Wildman–Crippen MR) is 122 cm³/mol. The molecule has 33 heavy (non-hydrogen) atoms. The summed E-state index contributed by atoms with van der Waals surface area (Å²) >= 11 is 0. The molecule has 0 unspecified atom stereocenters. The number of anilines is 1. The Hall–Kier alpha value is -3.86. The average Bonchev–Trinajstić information content (AvgIpc) is 3.09. The van der Waals surface area contributed by atoms with Crippen molar-refractivity contribution in [1.82, 2.24) is 0 Å². The molecule has 1 aliphatic heterocycles. The van der Waals surface area contributed by atoms with Crippen LogP contribution in [0.2, 0.25) is 0 Å². The van der Waals surface area contributed by atoms with Crippen LogP contribution in [-0.2, 0) is 19.8 Å². The number of nitrogens with zero attached hydrogens (tertiary/aromatic N) is 1. The van der Waals surface area contributed by atoms with Crippen molar-refractivity contribution in [1.29, 1.82) is 0 Å². The third-order valence-electron chi connectivity index (χ3n) is 7.68. The molecule has 0 N–H and O–H groups in total. The van der Waals surface area contributed by atoms with Gasteiger partial charge in [-0.3, -0.25) is 19.2 Å². The molecule has 7 rings (SSSR count). The maximum absolute atomic E-state index is 14.0. The third-order valence-corrected chi connectivity index (χ3v) is 7.68. The van der Waals surface area contributed by atoms with E-state index in [-0.39, 0.29) is 29.3 Å². The van der Waals surface area contributed by atoms with E-state index in [0.29, 0.717) is 11.3 Å². The second kappa shape index (κ2) is 6.58. The van der Waals surface area contributed by atoms with Crippen LogP contribution in [0.25, 0.3) is 0 Å². The summed E-state index contributed by atoms with van der Waals surface area (Å²) in [4.78, 5) is 54.6. The molecule has 0 radical (unpaired) electrons. The second-order valence-corrected chi connectivity index (χ2v) is 9.14. The fourth-order valence-electron chi connectivity index (χ4n) is 6.49. The summed E-state index contributed by atoms with van der Waals surface area (Å²) in [6.07, 6.45) is 0. The SMILES string of the molecule is CC(=O)c1cccc(N2C(=O)[C@H]3C4c5ccccc5C(C(C)=O)(c5ccccc54)[C@H]3C2=O)c1. The lowest BCUT2D eigenvalue weighted by Crippen LogP contribution is -2.57. The molecule has 3 aromatic carbocycles. The first-order valence-electron chi connectivity index (χ1n) is 11.1. The van der Waals surface area contributed by atoms with E-state index in [1.165, 1.54) is 18.7 Å². The summed E-state index contributed by atoms with van der Waals surface area (Å²) in [5.74, 6) is -2.78. The highest BCUT2D eigenvalue weighted by Gasteiger charge is 2.69. The van der Waals surface area contributed by atoms with Crippen molar-refractivity contribution in [3.05, 3.63) is 101 Å². The van der Waals surface area contributed by atoms with E-state index < -0.39 is 17.3 Å². The molecule has 2 amide bonds. The molecular weight excluding hydrogens is 414 g/mol. The molecule has 3 aromatic rings. The molecule has 4 aliphatic rings. The van der Waals surface area contributed by atoms with Crippen LogP contribution in [0.1, 0.15) is 52.4 Å². The summed E-state index contributed by atoms with van der Waals surface area (Å²) in [5, 5.41) is 0. The molecule has 1 fully saturated rings. The van der Waals surface area contributed by atoms with Crippen LogP contribution in [0.15, 0.2) is 72.8 Å². The van der Waals surface area contributed by atoms with Crippen LogP contribution in [0.5, 0.6) is 0 Å². The highest BCUT2D eigenvalue weighted by atomic mass is 16.2. The van der Waals surface area contributed by atoms with E-state index in [4.69, 9.17) is 0 Å². The molecule has 0 spiro atoms. The minimum absolute atomic E-state index is 0.143. The highest BCUT2D eigenvalue weighted by Crippen LogP contribution is 2.64. The first-order chi connectivity index (χ1) is 15.9. The van der Waals surface area contributed by atoms with Crippen molar-refractivity contribution in [3.63, 3.8) is 0 Å². The molecule has 1 saturated heterocycles. The number of carbonyl (C=O) groups excluding carboxylic acids is 4. The van der Waals surface area contributed by atoms with E-state index in [0.717, 1.165) is 22.3 Å². The van der Waals surface area contributed by atoms with Gasteiger partial charge >= 0.3 is 0 Å². The van der Waals surface area contributed by atoms with E-state index in [1.807, 2.05) is 48.5 Å². The molecule has 0 saturated carbocycles.